The number of aromatic nitrogens is 2. The predicted molar refractivity (Wildman–Crippen MR) is 55.9 cm³/mol. The second-order valence-electron chi connectivity index (χ2n) is 3.59. The molecule has 0 saturated carbocycles. The van der Waals surface area contributed by atoms with Gasteiger partial charge in [-0.25, -0.2) is 4.98 Å². The molecule has 0 N–H and O–H groups in total. The van der Waals surface area contributed by atoms with Gasteiger partial charge in [0.25, 0.3) is 0 Å². The van der Waals surface area contributed by atoms with Crippen molar-refractivity contribution >= 4 is 11.6 Å². The maximum Gasteiger partial charge on any atom is 0.0950 e. The molecule has 1 atom stereocenters. The molecule has 0 bridgehead atoms. The minimum atomic E-state index is 0.509. The Kier molecular flexibility index (Phi) is 4.29. The topological polar surface area (TPSA) is 17.8 Å². The van der Waals surface area contributed by atoms with Crippen molar-refractivity contribution in [1.82, 2.24) is 9.55 Å². The van der Waals surface area contributed by atoms with Gasteiger partial charge in [0.05, 0.1) is 17.9 Å². The monoisotopic (exact) mass is 200 g/mol. The zero-order valence-corrected chi connectivity index (χ0v) is 9.09. The van der Waals surface area contributed by atoms with Crippen molar-refractivity contribution in [2.24, 2.45) is 5.92 Å². The van der Waals surface area contributed by atoms with Crippen LogP contribution in [0.15, 0.2) is 12.5 Å². The quantitative estimate of drug-likeness (QED) is 0.669. The van der Waals surface area contributed by atoms with E-state index in [-0.39, 0.29) is 0 Å². The molecule has 0 aliphatic heterocycles. The lowest BCUT2D eigenvalue weighted by Crippen LogP contribution is -2.05. The highest BCUT2D eigenvalue weighted by Gasteiger charge is 2.02. The van der Waals surface area contributed by atoms with Crippen LogP contribution in [0.2, 0.25) is 0 Å². The number of hydrogen-bond donors (Lipinski definition) is 0. The van der Waals surface area contributed by atoms with Crippen LogP contribution in [-0.4, -0.2) is 9.55 Å². The van der Waals surface area contributed by atoms with Gasteiger partial charge < -0.3 is 4.57 Å². The molecule has 0 amide bonds. The van der Waals surface area contributed by atoms with E-state index >= 15 is 0 Å². The molecule has 74 valence electrons. The summed E-state index contributed by atoms with van der Waals surface area (Å²) in [5.74, 6) is 1.23. The summed E-state index contributed by atoms with van der Waals surface area (Å²) < 4.78 is 2.12. The first kappa shape index (κ1) is 10.6. The number of hydrogen-bond acceptors (Lipinski definition) is 1. The van der Waals surface area contributed by atoms with Gasteiger partial charge in [0, 0.05) is 12.7 Å². The summed E-state index contributed by atoms with van der Waals surface area (Å²) in [6.07, 6.45) is 6.41. The van der Waals surface area contributed by atoms with Crippen molar-refractivity contribution in [1.29, 1.82) is 0 Å². The van der Waals surface area contributed by atoms with E-state index < -0.39 is 0 Å². The first-order chi connectivity index (χ1) is 6.26. The highest BCUT2D eigenvalue weighted by molar-refractivity contribution is 6.16. The van der Waals surface area contributed by atoms with Crippen molar-refractivity contribution in [2.45, 2.75) is 39.1 Å². The summed E-state index contributed by atoms with van der Waals surface area (Å²) >= 11 is 5.66. The molecule has 3 heteroatoms. The molecule has 0 saturated heterocycles. The molecule has 1 aromatic heterocycles. The first-order valence-corrected chi connectivity index (χ1v) is 5.36. The smallest absolute Gasteiger partial charge is 0.0950 e. The van der Waals surface area contributed by atoms with E-state index in [9.17, 15) is 0 Å². The van der Waals surface area contributed by atoms with Crippen molar-refractivity contribution in [3.8, 4) is 0 Å². The van der Waals surface area contributed by atoms with E-state index in [0.29, 0.717) is 5.88 Å². The highest BCUT2D eigenvalue weighted by Crippen LogP contribution is 2.09. The number of halogens is 1. The Hall–Kier alpha value is -0.500. The number of nitrogens with zero attached hydrogens (tertiary/aromatic N) is 2. The molecule has 0 aliphatic rings. The molecular formula is C10H17ClN2. The lowest BCUT2D eigenvalue weighted by molar-refractivity contribution is 0.445. The van der Waals surface area contributed by atoms with Gasteiger partial charge in [-0.15, -0.1) is 11.6 Å². The van der Waals surface area contributed by atoms with Gasteiger partial charge >= 0.3 is 0 Å². The molecule has 13 heavy (non-hydrogen) atoms. The van der Waals surface area contributed by atoms with Gasteiger partial charge in [-0.1, -0.05) is 20.3 Å². The zero-order valence-electron chi connectivity index (χ0n) is 8.33. The lowest BCUT2D eigenvalue weighted by Gasteiger charge is -2.09. The summed E-state index contributed by atoms with van der Waals surface area (Å²) in [4.78, 5) is 4.18. The van der Waals surface area contributed by atoms with Crippen LogP contribution in [-0.2, 0) is 12.4 Å². The summed E-state index contributed by atoms with van der Waals surface area (Å²) in [6.45, 7) is 5.54. The Morgan fingerprint density at radius 1 is 1.62 bits per heavy atom. The van der Waals surface area contributed by atoms with Crippen LogP contribution in [0.3, 0.4) is 0 Å². The SMILES string of the molecule is CCCC(C)Cn1cnc(CCl)c1. The Morgan fingerprint density at radius 3 is 2.92 bits per heavy atom. The fraction of sp³-hybridized carbons (Fsp3) is 0.700. The minimum Gasteiger partial charge on any atom is -0.337 e. The van der Waals surface area contributed by atoms with Crippen molar-refractivity contribution < 1.29 is 0 Å². The fourth-order valence-corrected chi connectivity index (χ4v) is 1.66. The molecular weight excluding hydrogens is 184 g/mol. The van der Waals surface area contributed by atoms with E-state index in [2.05, 4.69) is 23.4 Å². The van der Waals surface area contributed by atoms with Gasteiger partial charge in [0.2, 0.25) is 0 Å². The van der Waals surface area contributed by atoms with Crippen molar-refractivity contribution in [2.75, 3.05) is 0 Å². The maximum atomic E-state index is 5.66. The van der Waals surface area contributed by atoms with E-state index in [4.69, 9.17) is 11.6 Å². The normalized spacial score (nSPS) is 13.2. The van der Waals surface area contributed by atoms with Gasteiger partial charge in [0.15, 0.2) is 0 Å². The third-order valence-electron chi connectivity index (χ3n) is 2.13. The molecule has 0 aliphatic carbocycles. The Bertz CT molecular complexity index is 245. The number of imidazole rings is 1. The molecule has 1 unspecified atom stereocenters. The van der Waals surface area contributed by atoms with Gasteiger partial charge in [-0.2, -0.15) is 0 Å². The standard InChI is InChI=1S/C10H17ClN2/c1-3-4-9(2)6-13-7-10(5-11)12-8-13/h7-9H,3-6H2,1-2H3. The van der Waals surface area contributed by atoms with Crippen LogP contribution in [0.1, 0.15) is 32.4 Å². The van der Waals surface area contributed by atoms with Gasteiger partial charge in [-0.3, -0.25) is 0 Å². The predicted octanol–water partition coefficient (Wildman–Crippen LogP) is 3.06. The largest absolute Gasteiger partial charge is 0.337 e. The average molecular weight is 201 g/mol. The van der Waals surface area contributed by atoms with Crippen LogP contribution >= 0.6 is 11.6 Å². The highest BCUT2D eigenvalue weighted by atomic mass is 35.5. The van der Waals surface area contributed by atoms with E-state index in [1.807, 2.05) is 12.5 Å². The summed E-state index contributed by atoms with van der Waals surface area (Å²) in [7, 11) is 0. The van der Waals surface area contributed by atoms with Crippen LogP contribution in [0.5, 0.6) is 0 Å². The third-order valence-corrected chi connectivity index (χ3v) is 2.40. The second-order valence-corrected chi connectivity index (χ2v) is 3.86. The average Bonchev–Trinajstić information content (AvgIpc) is 2.52. The Labute approximate surface area is 84.9 Å². The van der Waals surface area contributed by atoms with Crippen LogP contribution in [0, 0.1) is 5.92 Å². The molecule has 0 aromatic carbocycles. The Balaban J connectivity index is 2.44. The van der Waals surface area contributed by atoms with Crippen LogP contribution < -0.4 is 0 Å². The minimum absolute atomic E-state index is 0.509. The second kappa shape index (κ2) is 5.28. The summed E-state index contributed by atoms with van der Waals surface area (Å²) in [5.41, 5.74) is 0.963. The van der Waals surface area contributed by atoms with Gasteiger partial charge in [-0.05, 0) is 12.3 Å². The zero-order chi connectivity index (χ0) is 9.68. The third kappa shape index (κ3) is 3.39. The summed E-state index contributed by atoms with van der Waals surface area (Å²) in [6, 6.07) is 0. The lowest BCUT2D eigenvalue weighted by atomic mass is 10.1. The van der Waals surface area contributed by atoms with E-state index in [1.165, 1.54) is 12.8 Å². The van der Waals surface area contributed by atoms with Crippen LogP contribution in [0.25, 0.3) is 0 Å². The maximum absolute atomic E-state index is 5.66. The fourth-order valence-electron chi connectivity index (χ4n) is 1.52. The number of alkyl halides is 1. The molecule has 1 aromatic rings. The van der Waals surface area contributed by atoms with E-state index in [0.717, 1.165) is 18.2 Å². The van der Waals surface area contributed by atoms with E-state index in [1.54, 1.807) is 0 Å². The van der Waals surface area contributed by atoms with Crippen LogP contribution in [0.4, 0.5) is 0 Å². The Morgan fingerprint density at radius 2 is 2.38 bits per heavy atom. The molecule has 1 rings (SSSR count). The number of rotatable bonds is 5. The molecule has 0 spiro atoms. The van der Waals surface area contributed by atoms with Crippen molar-refractivity contribution in [3.63, 3.8) is 0 Å². The molecule has 0 fully saturated rings. The molecule has 1 heterocycles. The summed E-state index contributed by atoms with van der Waals surface area (Å²) in [5, 5.41) is 0. The first-order valence-electron chi connectivity index (χ1n) is 4.82. The molecule has 2 nitrogen and oxygen atoms in total. The molecule has 0 radical (unpaired) electrons. The van der Waals surface area contributed by atoms with Crippen molar-refractivity contribution in [3.05, 3.63) is 18.2 Å². The van der Waals surface area contributed by atoms with Gasteiger partial charge in [0.1, 0.15) is 0 Å².